The van der Waals surface area contributed by atoms with Crippen molar-refractivity contribution in [3.63, 3.8) is 0 Å². The van der Waals surface area contributed by atoms with Crippen LogP contribution in [0.4, 0.5) is 4.39 Å². The summed E-state index contributed by atoms with van der Waals surface area (Å²) in [7, 11) is 0. The summed E-state index contributed by atoms with van der Waals surface area (Å²) in [4.78, 5) is 29.1. The Bertz CT molecular complexity index is 678. The number of nitrogens with two attached hydrogens (primary N) is 1. The van der Waals surface area contributed by atoms with Crippen molar-refractivity contribution in [2.24, 2.45) is 5.73 Å². The molecule has 2 aromatic heterocycles. The van der Waals surface area contributed by atoms with Crippen LogP contribution in [0.15, 0.2) is 24.7 Å². The summed E-state index contributed by atoms with van der Waals surface area (Å²) in [6, 6.07) is 1.95. The van der Waals surface area contributed by atoms with E-state index in [1.165, 1.54) is 24.7 Å². The minimum absolute atomic E-state index is 0.136. The van der Waals surface area contributed by atoms with Crippen LogP contribution in [0.5, 0.6) is 0 Å². The van der Waals surface area contributed by atoms with Crippen LogP contribution < -0.4 is 11.1 Å². The molecule has 0 fully saturated rings. The molecule has 1 amide bonds. The average Bonchev–Trinajstić information content (AvgIpc) is 3.07. The van der Waals surface area contributed by atoms with Gasteiger partial charge in [-0.1, -0.05) is 0 Å². The van der Waals surface area contributed by atoms with E-state index in [2.05, 4.69) is 25.7 Å². The van der Waals surface area contributed by atoms with E-state index in [0.29, 0.717) is 25.8 Å². The molecule has 1 atom stereocenters. The Labute approximate surface area is 137 Å². The number of tetrazole rings is 1. The monoisotopic (exact) mass is 335 g/mol. The summed E-state index contributed by atoms with van der Waals surface area (Å²) in [5.41, 5.74) is 5.24. The molecule has 10 heteroatoms. The topological polar surface area (TPSA) is 129 Å². The summed E-state index contributed by atoms with van der Waals surface area (Å²) >= 11 is 0. The summed E-state index contributed by atoms with van der Waals surface area (Å²) in [5, 5.41) is 13.4. The van der Waals surface area contributed by atoms with Gasteiger partial charge < -0.3 is 11.1 Å². The van der Waals surface area contributed by atoms with Gasteiger partial charge in [0.1, 0.15) is 6.54 Å². The van der Waals surface area contributed by atoms with Gasteiger partial charge in [0.15, 0.2) is 12.1 Å². The lowest BCUT2D eigenvalue weighted by Crippen LogP contribution is -2.43. The first-order valence-electron chi connectivity index (χ1n) is 7.46. The maximum absolute atomic E-state index is 13.6. The number of halogens is 1. The summed E-state index contributed by atoms with van der Waals surface area (Å²) in [6.07, 6.45) is 4.20. The molecule has 2 rings (SSSR count). The molecule has 0 saturated carbocycles. The number of hydrogen-bond acceptors (Lipinski definition) is 7. The molecule has 2 heterocycles. The van der Waals surface area contributed by atoms with E-state index in [4.69, 9.17) is 5.73 Å². The molecule has 2 aromatic rings. The number of carbonyl (C=O) groups excluding carboxylic acids is 2. The third-order valence-electron chi connectivity index (χ3n) is 3.33. The van der Waals surface area contributed by atoms with Crippen molar-refractivity contribution in [2.75, 3.05) is 6.54 Å². The molecule has 0 aromatic carbocycles. The standard InChI is InChI=1S/C14H18FN7O2/c15-13-10(4-3-7-17-13)14(24)20-11(5-1-2-6-16)12(23)8-22-19-9-18-21-22/h3-4,7,9,11H,1-2,5-6,8,16H2,(H,20,24)/t11-/m0/s1. The van der Waals surface area contributed by atoms with Crippen molar-refractivity contribution < 1.29 is 14.0 Å². The van der Waals surface area contributed by atoms with Gasteiger partial charge in [-0.25, -0.2) is 4.98 Å². The van der Waals surface area contributed by atoms with Gasteiger partial charge in [-0.3, -0.25) is 9.59 Å². The van der Waals surface area contributed by atoms with Crippen molar-refractivity contribution in [3.8, 4) is 0 Å². The number of nitrogens with one attached hydrogen (secondary N) is 1. The van der Waals surface area contributed by atoms with Crippen LogP contribution in [0.2, 0.25) is 0 Å². The molecule has 0 bridgehead atoms. The van der Waals surface area contributed by atoms with E-state index in [9.17, 15) is 14.0 Å². The molecule has 128 valence electrons. The average molecular weight is 335 g/mol. The summed E-state index contributed by atoms with van der Waals surface area (Å²) < 4.78 is 13.6. The van der Waals surface area contributed by atoms with Crippen LogP contribution in [0.1, 0.15) is 29.6 Å². The zero-order valence-electron chi connectivity index (χ0n) is 12.9. The van der Waals surface area contributed by atoms with Crippen LogP contribution in [0.3, 0.4) is 0 Å². The molecule has 0 spiro atoms. The number of rotatable bonds is 9. The first-order valence-corrected chi connectivity index (χ1v) is 7.46. The van der Waals surface area contributed by atoms with E-state index in [1.807, 2.05) is 0 Å². The second-order valence-electron chi connectivity index (χ2n) is 5.08. The predicted molar refractivity (Wildman–Crippen MR) is 81.2 cm³/mol. The van der Waals surface area contributed by atoms with E-state index in [-0.39, 0.29) is 17.9 Å². The third kappa shape index (κ3) is 4.88. The smallest absolute Gasteiger partial charge is 0.256 e. The minimum atomic E-state index is -0.888. The number of hydrogen-bond donors (Lipinski definition) is 2. The highest BCUT2D eigenvalue weighted by Gasteiger charge is 2.23. The molecule has 9 nitrogen and oxygen atoms in total. The number of ketones is 1. The molecule has 3 N–H and O–H groups in total. The van der Waals surface area contributed by atoms with Crippen molar-refractivity contribution in [2.45, 2.75) is 31.8 Å². The van der Waals surface area contributed by atoms with Crippen LogP contribution in [0, 0.1) is 5.95 Å². The van der Waals surface area contributed by atoms with E-state index < -0.39 is 17.9 Å². The Morgan fingerprint density at radius 2 is 2.21 bits per heavy atom. The zero-order valence-corrected chi connectivity index (χ0v) is 12.9. The number of nitrogens with zero attached hydrogens (tertiary/aromatic N) is 5. The lowest BCUT2D eigenvalue weighted by molar-refractivity contribution is -0.122. The van der Waals surface area contributed by atoms with Gasteiger partial charge in [0.05, 0.1) is 11.6 Å². The van der Waals surface area contributed by atoms with Gasteiger partial charge in [0.25, 0.3) is 5.91 Å². The SMILES string of the molecule is NCCCC[C@H](NC(=O)c1cccnc1F)C(=O)Cn1ncnn1. The Kier molecular flexibility index (Phi) is 6.43. The minimum Gasteiger partial charge on any atom is -0.342 e. The van der Waals surface area contributed by atoms with Crippen LogP contribution >= 0.6 is 0 Å². The summed E-state index contributed by atoms with van der Waals surface area (Å²) in [5.74, 6) is -1.89. The van der Waals surface area contributed by atoms with E-state index in [1.54, 1.807) is 0 Å². The molecule has 24 heavy (non-hydrogen) atoms. The fourth-order valence-corrected chi connectivity index (χ4v) is 2.11. The maximum atomic E-state index is 13.6. The number of pyridine rings is 1. The van der Waals surface area contributed by atoms with Gasteiger partial charge in [-0.05, 0) is 43.2 Å². The van der Waals surface area contributed by atoms with Crippen molar-refractivity contribution in [1.82, 2.24) is 30.5 Å². The van der Waals surface area contributed by atoms with Gasteiger partial charge in [-0.2, -0.15) is 9.19 Å². The zero-order chi connectivity index (χ0) is 17.4. The second kappa shape index (κ2) is 8.77. The molecule has 0 saturated heterocycles. The number of unbranched alkanes of at least 4 members (excludes halogenated alkanes) is 1. The van der Waals surface area contributed by atoms with Crippen molar-refractivity contribution in [1.29, 1.82) is 0 Å². The highest BCUT2D eigenvalue weighted by Crippen LogP contribution is 2.07. The largest absolute Gasteiger partial charge is 0.342 e. The molecule has 0 aliphatic rings. The van der Waals surface area contributed by atoms with Crippen LogP contribution in [0.25, 0.3) is 0 Å². The van der Waals surface area contributed by atoms with E-state index >= 15 is 0 Å². The maximum Gasteiger partial charge on any atom is 0.256 e. The quantitative estimate of drug-likeness (QED) is 0.475. The third-order valence-corrected chi connectivity index (χ3v) is 3.33. The van der Waals surface area contributed by atoms with Gasteiger partial charge >= 0.3 is 0 Å². The van der Waals surface area contributed by atoms with Crippen LogP contribution in [-0.4, -0.2) is 49.5 Å². The normalized spacial score (nSPS) is 11.9. The van der Waals surface area contributed by atoms with Crippen molar-refractivity contribution in [3.05, 3.63) is 36.2 Å². The molecule has 0 aliphatic heterocycles. The molecule has 0 unspecified atom stereocenters. The van der Waals surface area contributed by atoms with Gasteiger partial charge in [0.2, 0.25) is 5.95 Å². The number of Topliss-reactive ketones (excluding diaryl/α,β-unsaturated/α-hetero) is 1. The number of aromatic nitrogens is 5. The fraction of sp³-hybridized carbons (Fsp3) is 0.429. The van der Waals surface area contributed by atoms with Crippen LogP contribution in [-0.2, 0) is 11.3 Å². The second-order valence-corrected chi connectivity index (χ2v) is 5.08. The lowest BCUT2D eigenvalue weighted by Gasteiger charge is -2.17. The predicted octanol–water partition coefficient (Wildman–Crippen LogP) is -0.296. The fourth-order valence-electron chi connectivity index (χ4n) is 2.11. The number of amides is 1. The van der Waals surface area contributed by atoms with E-state index in [0.717, 1.165) is 4.80 Å². The summed E-state index contributed by atoms with van der Waals surface area (Å²) in [6.45, 7) is 0.347. The van der Waals surface area contributed by atoms with Crippen molar-refractivity contribution >= 4 is 11.7 Å². The molecular formula is C14H18FN7O2. The Morgan fingerprint density at radius 3 is 2.88 bits per heavy atom. The first-order chi connectivity index (χ1) is 11.6. The Hall–Kier alpha value is -2.75. The lowest BCUT2D eigenvalue weighted by atomic mass is 10.0. The number of carbonyl (C=O) groups is 2. The Balaban J connectivity index is 2.06. The van der Waals surface area contributed by atoms with Gasteiger partial charge in [0, 0.05) is 6.20 Å². The first kappa shape index (κ1) is 17.6. The molecule has 0 aliphatic carbocycles. The highest BCUT2D eigenvalue weighted by molar-refractivity contribution is 5.97. The Morgan fingerprint density at radius 1 is 1.38 bits per heavy atom. The molecule has 0 radical (unpaired) electrons. The van der Waals surface area contributed by atoms with Gasteiger partial charge in [-0.15, -0.1) is 10.2 Å². The highest BCUT2D eigenvalue weighted by atomic mass is 19.1. The molecular weight excluding hydrogens is 317 g/mol.